The first-order chi connectivity index (χ1) is 16.1. The van der Waals surface area contributed by atoms with E-state index in [0.717, 1.165) is 32.5 Å². The van der Waals surface area contributed by atoms with E-state index in [2.05, 4.69) is 15.3 Å². The van der Waals surface area contributed by atoms with Gasteiger partial charge in [0, 0.05) is 41.5 Å². The lowest BCUT2D eigenvalue weighted by molar-refractivity contribution is -0.272. The fraction of sp³-hybridized carbons (Fsp3) is 0.429. The summed E-state index contributed by atoms with van der Waals surface area (Å²) in [5.74, 6) is -5.20. The molecule has 3 N–H and O–H groups in total. The van der Waals surface area contributed by atoms with Gasteiger partial charge in [0.05, 0.1) is 7.11 Å². The number of carbonyl (C=O) groups is 2. The number of pyridine rings is 2. The van der Waals surface area contributed by atoms with Crippen LogP contribution in [0.3, 0.4) is 0 Å². The highest BCUT2D eigenvalue weighted by molar-refractivity contribution is 5.97. The van der Waals surface area contributed by atoms with E-state index in [-0.39, 0.29) is 16.9 Å². The summed E-state index contributed by atoms with van der Waals surface area (Å²) in [7, 11) is 1.04. The summed E-state index contributed by atoms with van der Waals surface area (Å²) in [5, 5.41) is 2.34. The number of nitrogens with zero attached hydrogens (tertiary/aromatic N) is 2. The fourth-order valence-corrected chi connectivity index (χ4v) is 3.91. The Hall–Kier alpha value is -3.42. The van der Waals surface area contributed by atoms with Crippen LogP contribution >= 0.6 is 0 Å². The minimum Gasteiger partial charge on any atom is -0.496 e. The molecular formula is C21H20F6N4O4. The van der Waals surface area contributed by atoms with Gasteiger partial charge in [0.1, 0.15) is 23.2 Å². The maximum atomic E-state index is 14.0. The molecule has 1 aliphatic rings. The Morgan fingerprint density at radius 3 is 2.37 bits per heavy atom. The second kappa shape index (κ2) is 8.98. The van der Waals surface area contributed by atoms with Crippen molar-refractivity contribution in [2.24, 2.45) is 11.7 Å². The maximum Gasteiger partial charge on any atom is 0.433 e. The van der Waals surface area contributed by atoms with E-state index in [0.29, 0.717) is 6.07 Å². The molecular weight excluding hydrogens is 486 g/mol. The van der Waals surface area contributed by atoms with Crippen LogP contribution in [0.2, 0.25) is 0 Å². The summed E-state index contributed by atoms with van der Waals surface area (Å²) >= 11 is 0. The predicted molar refractivity (Wildman–Crippen MR) is 108 cm³/mol. The third-order valence-corrected chi connectivity index (χ3v) is 5.97. The number of anilines is 1. The van der Waals surface area contributed by atoms with Crippen molar-refractivity contribution in [2.45, 2.75) is 43.8 Å². The van der Waals surface area contributed by atoms with Crippen molar-refractivity contribution in [3.05, 3.63) is 47.5 Å². The molecule has 2 amide bonds. The van der Waals surface area contributed by atoms with Gasteiger partial charge in [-0.15, -0.1) is 0 Å². The minimum atomic E-state index is -4.93. The van der Waals surface area contributed by atoms with Crippen LogP contribution < -0.4 is 15.8 Å². The molecule has 190 valence electrons. The zero-order chi connectivity index (χ0) is 26.3. The number of nitrogens with one attached hydrogen (secondary N) is 1. The summed E-state index contributed by atoms with van der Waals surface area (Å²) in [6.07, 6.45) is -9.70. The van der Waals surface area contributed by atoms with Crippen molar-refractivity contribution in [1.82, 2.24) is 9.97 Å². The first-order valence-corrected chi connectivity index (χ1v) is 10.0. The van der Waals surface area contributed by atoms with E-state index in [9.17, 15) is 35.9 Å². The molecule has 0 aliphatic carbocycles. The smallest absolute Gasteiger partial charge is 0.433 e. The molecule has 0 unspecified atom stereocenters. The third-order valence-electron chi connectivity index (χ3n) is 5.97. The second-order valence-corrected chi connectivity index (χ2v) is 8.05. The zero-order valence-corrected chi connectivity index (χ0v) is 18.5. The highest BCUT2D eigenvalue weighted by Gasteiger charge is 2.66. The van der Waals surface area contributed by atoms with E-state index >= 15 is 0 Å². The normalized spacial score (nSPS) is 24.8. The molecule has 1 saturated heterocycles. The predicted octanol–water partition coefficient (Wildman–Crippen LogP) is 3.68. The molecule has 4 atom stereocenters. The summed E-state index contributed by atoms with van der Waals surface area (Å²) in [4.78, 5) is 31.4. The molecule has 2 aromatic heterocycles. The number of amides is 2. The first kappa shape index (κ1) is 26.2. The van der Waals surface area contributed by atoms with E-state index in [1.54, 1.807) is 0 Å². The number of halogens is 6. The van der Waals surface area contributed by atoms with Crippen LogP contribution in [0.25, 0.3) is 0 Å². The number of carbonyl (C=O) groups excluding carboxylic acids is 2. The average Bonchev–Trinajstić information content (AvgIpc) is 3.04. The number of alkyl halides is 6. The Morgan fingerprint density at radius 1 is 1.17 bits per heavy atom. The summed E-state index contributed by atoms with van der Waals surface area (Å²) in [6.45, 7) is 1.92. The van der Waals surface area contributed by atoms with Crippen LogP contribution in [0.1, 0.15) is 41.5 Å². The van der Waals surface area contributed by atoms with E-state index < -0.39 is 59.2 Å². The quantitative estimate of drug-likeness (QED) is 0.598. The van der Waals surface area contributed by atoms with Crippen LogP contribution in [0.4, 0.5) is 32.0 Å². The lowest BCUT2D eigenvalue weighted by Gasteiger charge is -2.31. The molecule has 0 aromatic carbocycles. The lowest BCUT2D eigenvalue weighted by atomic mass is 9.77. The van der Waals surface area contributed by atoms with E-state index in [4.69, 9.17) is 15.2 Å². The van der Waals surface area contributed by atoms with Gasteiger partial charge in [-0.2, -0.15) is 26.3 Å². The van der Waals surface area contributed by atoms with Crippen molar-refractivity contribution < 1.29 is 45.4 Å². The Bertz CT molecular complexity index is 1140. The molecule has 14 heteroatoms. The van der Waals surface area contributed by atoms with Gasteiger partial charge in [-0.05, 0) is 19.1 Å². The molecule has 8 nitrogen and oxygen atoms in total. The lowest BCUT2D eigenvalue weighted by Crippen LogP contribution is -2.47. The molecule has 0 radical (unpaired) electrons. The molecule has 1 fully saturated rings. The summed E-state index contributed by atoms with van der Waals surface area (Å²) in [5.41, 5.74) is 0.602. The van der Waals surface area contributed by atoms with Gasteiger partial charge in [0.25, 0.3) is 11.8 Å². The SMILES string of the molecule is COc1cc(C(F)(F)F)ncc1[C@H]1[C@H](C(=O)Nc2ccnc(C(N)=O)c2)O[C@@](C)(C(F)(F)F)[C@H]1C. The standard InChI is InChI=1S/C21H20F6N4O4/c1-9-15(11-8-30-14(20(22,23)24)7-13(11)34-3)16(35-19(9,2)21(25,26)27)18(33)31-10-4-5-29-12(6-10)17(28)32/h4-9,15-16H,1-3H3,(H2,28,32)(H,29,31,33)/t9-,15-,16+,19+/m0/s1. The molecule has 3 heterocycles. The van der Waals surface area contributed by atoms with Gasteiger partial charge >= 0.3 is 12.4 Å². The monoisotopic (exact) mass is 506 g/mol. The van der Waals surface area contributed by atoms with E-state index in [1.165, 1.54) is 13.0 Å². The molecule has 35 heavy (non-hydrogen) atoms. The van der Waals surface area contributed by atoms with Gasteiger partial charge in [-0.3, -0.25) is 19.6 Å². The van der Waals surface area contributed by atoms with Crippen molar-refractivity contribution in [3.8, 4) is 5.75 Å². The molecule has 3 rings (SSSR count). The number of nitrogens with two attached hydrogens (primary N) is 1. The molecule has 2 aromatic rings. The number of aromatic nitrogens is 2. The first-order valence-electron chi connectivity index (χ1n) is 10.0. The number of ether oxygens (including phenoxy) is 2. The van der Waals surface area contributed by atoms with Crippen molar-refractivity contribution in [2.75, 3.05) is 12.4 Å². The van der Waals surface area contributed by atoms with Crippen molar-refractivity contribution >= 4 is 17.5 Å². The molecule has 0 spiro atoms. The zero-order valence-electron chi connectivity index (χ0n) is 18.5. The van der Waals surface area contributed by atoms with Gasteiger partial charge in [-0.25, -0.2) is 0 Å². The third kappa shape index (κ3) is 4.88. The Morgan fingerprint density at radius 2 is 1.83 bits per heavy atom. The molecule has 1 aliphatic heterocycles. The van der Waals surface area contributed by atoms with Crippen LogP contribution in [-0.2, 0) is 15.7 Å². The maximum absolute atomic E-state index is 14.0. The summed E-state index contributed by atoms with van der Waals surface area (Å²) in [6, 6.07) is 2.92. The molecule has 0 saturated carbocycles. The number of rotatable bonds is 5. The van der Waals surface area contributed by atoms with Crippen LogP contribution in [0.15, 0.2) is 30.6 Å². The number of hydrogen-bond acceptors (Lipinski definition) is 6. The Kier molecular flexibility index (Phi) is 6.72. The number of methoxy groups -OCH3 is 1. The minimum absolute atomic E-state index is 0.00748. The highest BCUT2D eigenvalue weighted by Crippen LogP contribution is 2.54. The van der Waals surface area contributed by atoms with Crippen molar-refractivity contribution in [3.63, 3.8) is 0 Å². The van der Waals surface area contributed by atoms with E-state index in [1.807, 2.05) is 0 Å². The molecule has 0 bridgehead atoms. The largest absolute Gasteiger partial charge is 0.496 e. The van der Waals surface area contributed by atoms with Crippen LogP contribution in [0, 0.1) is 5.92 Å². The fourth-order valence-electron chi connectivity index (χ4n) is 3.91. The van der Waals surface area contributed by atoms with Gasteiger partial charge in [0.2, 0.25) is 0 Å². The number of primary amides is 1. The van der Waals surface area contributed by atoms with Gasteiger partial charge < -0.3 is 20.5 Å². The number of hydrogen-bond donors (Lipinski definition) is 2. The highest BCUT2D eigenvalue weighted by atomic mass is 19.4. The Labute approximate surface area is 194 Å². The topological polar surface area (TPSA) is 116 Å². The van der Waals surface area contributed by atoms with Crippen LogP contribution in [0.5, 0.6) is 5.75 Å². The van der Waals surface area contributed by atoms with Crippen molar-refractivity contribution in [1.29, 1.82) is 0 Å². The van der Waals surface area contributed by atoms with Gasteiger partial charge in [-0.1, -0.05) is 6.92 Å². The van der Waals surface area contributed by atoms with Crippen LogP contribution in [-0.4, -0.2) is 46.8 Å². The van der Waals surface area contributed by atoms with Gasteiger partial charge in [0.15, 0.2) is 5.60 Å². The second-order valence-electron chi connectivity index (χ2n) is 8.05. The Balaban J connectivity index is 2.07. The average molecular weight is 506 g/mol. The summed E-state index contributed by atoms with van der Waals surface area (Å²) < 4.78 is 91.5.